The van der Waals surface area contributed by atoms with E-state index < -0.39 is 5.91 Å². The minimum atomic E-state index is -0.540. The lowest BCUT2D eigenvalue weighted by atomic mass is 9.99. The van der Waals surface area contributed by atoms with Gasteiger partial charge in [0.05, 0.1) is 11.3 Å². The summed E-state index contributed by atoms with van der Waals surface area (Å²) in [7, 11) is 0. The monoisotopic (exact) mass is 415 g/mol. The Labute approximate surface area is 184 Å². The number of nitrogens with one attached hydrogen (secondary N) is 1. The molecule has 2 aromatic carbocycles. The van der Waals surface area contributed by atoms with Gasteiger partial charge in [0.15, 0.2) is 0 Å². The summed E-state index contributed by atoms with van der Waals surface area (Å²) in [5.41, 5.74) is 4.19. The fourth-order valence-electron chi connectivity index (χ4n) is 3.93. The average Bonchev–Trinajstić information content (AvgIpc) is 3.04. The maximum Gasteiger partial charge on any atom is 0.267 e. The third-order valence-electron chi connectivity index (χ3n) is 5.68. The van der Waals surface area contributed by atoms with Gasteiger partial charge in [0.2, 0.25) is 0 Å². The first-order valence-corrected chi connectivity index (χ1v) is 10.9. The van der Waals surface area contributed by atoms with Crippen molar-refractivity contribution in [1.29, 1.82) is 5.26 Å². The summed E-state index contributed by atoms with van der Waals surface area (Å²) in [4.78, 5) is 28.2. The Kier molecular flexibility index (Phi) is 6.91. The molecular weight excluding hydrogens is 386 g/mol. The standard InChI is InChI=1S/C26H29N3O2/c1-5-18-10-9-11-19(6-2)24(18)28-25(30)21(16-27)23-20-12-7-8-13-22(20)29(26(23)31)15-14-17(3)4/h7-13,17H,5-6,14-15H2,1-4H3,(H,28,30). The molecule has 5 nitrogen and oxygen atoms in total. The molecule has 0 aliphatic carbocycles. The lowest BCUT2D eigenvalue weighted by Crippen LogP contribution is -2.29. The molecule has 160 valence electrons. The number of rotatable bonds is 7. The molecule has 0 spiro atoms. The number of carbonyl (C=O) groups excluding carboxylic acids is 2. The Bertz CT molecular complexity index is 1050. The molecular formula is C26H29N3O2. The van der Waals surface area contributed by atoms with Crippen molar-refractivity contribution in [3.05, 3.63) is 64.7 Å². The van der Waals surface area contributed by atoms with Crippen molar-refractivity contribution < 1.29 is 9.59 Å². The van der Waals surface area contributed by atoms with E-state index in [1.165, 1.54) is 0 Å². The van der Waals surface area contributed by atoms with Gasteiger partial charge in [0.1, 0.15) is 11.6 Å². The number of nitrogens with zero attached hydrogens (tertiary/aromatic N) is 2. The van der Waals surface area contributed by atoms with Gasteiger partial charge in [-0.1, -0.05) is 64.1 Å². The number of para-hydroxylation sites is 2. The van der Waals surface area contributed by atoms with Crippen LogP contribution >= 0.6 is 0 Å². The van der Waals surface area contributed by atoms with Gasteiger partial charge in [-0.05, 0) is 42.4 Å². The predicted octanol–water partition coefficient (Wildman–Crippen LogP) is 5.12. The van der Waals surface area contributed by atoms with Crippen LogP contribution in [0, 0.1) is 17.2 Å². The summed E-state index contributed by atoms with van der Waals surface area (Å²) in [6.45, 7) is 8.81. The third kappa shape index (κ3) is 4.39. The Morgan fingerprint density at radius 2 is 1.71 bits per heavy atom. The summed E-state index contributed by atoms with van der Waals surface area (Å²) in [6.07, 6.45) is 2.35. The van der Waals surface area contributed by atoms with E-state index in [2.05, 4.69) is 19.2 Å². The van der Waals surface area contributed by atoms with Crippen LogP contribution in [0.25, 0.3) is 5.57 Å². The highest BCUT2D eigenvalue weighted by Gasteiger charge is 2.36. The number of hydrogen-bond donors (Lipinski definition) is 1. The zero-order valence-electron chi connectivity index (χ0n) is 18.7. The largest absolute Gasteiger partial charge is 0.321 e. The minimum Gasteiger partial charge on any atom is -0.321 e. The van der Waals surface area contributed by atoms with Crippen LogP contribution in [0.5, 0.6) is 0 Å². The van der Waals surface area contributed by atoms with Gasteiger partial charge in [-0.3, -0.25) is 9.59 Å². The van der Waals surface area contributed by atoms with Crippen molar-refractivity contribution in [2.75, 3.05) is 16.8 Å². The molecule has 0 saturated heterocycles. The topological polar surface area (TPSA) is 73.2 Å². The van der Waals surface area contributed by atoms with Crippen LogP contribution in [-0.4, -0.2) is 18.4 Å². The van der Waals surface area contributed by atoms with Gasteiger partial charge in [-0.2, -0.15) is 5.26 Å². The fraction of sp³-hybridized carbons (Fsp3) is 0.346. The number of anilines is 2. The molecule has 2 amide bonds. The fourth-order valence-corrected chi connectivity index (χ4v) is 3.93. The summed E-state index contributed by atoms with van der Waals surface area (Å²) in [5, 5.41) is 12.8. The molecule has 1 heterocycles. The van der Waals surface area contributed by atoms with E-state index >= 15 is 0 Å². The van der Waals surface area contributed by atoms with Crippen LogP contribution in [-0.2, 0) is 22.4 Å². The first kappa shape index (κ1) is 22.3. The van der Waals surface area contributed by atoms with E-state index in [9.17, 15) is 14.9 Å². The zero-order chi connectivity index (χ0) is 22.5. The summed E-state index contributed by atoms with van der Waals surface area (Å²) in [6, 6.07) is 15.3. The number of carbonyl (C=O) groups is 2. The second kappa shape index (κ2) is 9.61. The van der Waals surface area contributed by atoms with Crippen molar-refractivity contribution in [1.82, 2.24) is 0 Å². The third-order valence-corrected chi connectivity index (χ3v) is 5.68. The lowest BCUT2D eigenvalue weighted by Gasteiger charge is -2.18. The van der Waals surface area contributed by atoms with E-state index in [1.54, 1.807) is 11.0 Å². The molecule has 31 heavy (non-hydrogen) atoms. The van der Waals surface area contributed by atoms with Gasteiger partial charge in [0, 0.05) is 17.8 Å². The van der Waals surface area contributed by atoms with Crippen LogP contribution in [0.15, 0.2) is 48.0 Å². The summed E-state index contributed by atoms with van der Waals surface area (Å²) < 4.78 is 0. The molecule has 0 fully saturated rings. The molecule has 0 bridgehead atoms. The second-order valence-electron chi connectivity index (χ2n) is 8.13. The maximum absolute atomic E-state index is 13.3. The Balaban J connectivity index is 2.05. The SMILES string of the molecule is CCc1cccc(CC)c1NC(=O)C(C#N)=C1C(=O)N(CCC(C)C)c2ccccc21. The number of benzene rings is 2. The van der Waals surface area contributed by atoms with E-state index in [4.69, 9.17) is 0 Å². The first-order chi connectivity index (χ1) is 14.9. The van der Waals surface area contributed by atoms with Crippen molar-refractivity contribution in [3.63, 3.8) is 0 Å². The van der Waals surface area contributed by atoms with Gasteiger partial charge in [-0.15, -0.1) is 0 Å². The van der Waals surface area contributed by atoms with Crippen molar-refractivity contribution >= 4 is 28.8 Å². The molecule has 0 saturated carbocycles. The van der Waals surface area contributed by atoms with Crippen molar-refractivity contribution in [2.24, 2.45) is 5.92 Å². The molecule has 1 N–H and O–H groups in total. The van der Waals surface area contributed by atoms with E-state index in [0.29, 0.717) is 18.0 Å². The number of aryl methyl sites for hydroxylation is 2. The van der Waals surface area contributed by atoms with Crippen molar-refractivity contribution in [3.8, 4) is 6.07 Å². The zero-order valence-corrected chi connectivity index (χ0v) is 18.7. The van der Waals surface area contributed by atoms with Gasteiger partial charge < -0.3 is 10.2 Å². The van der Waals surface area contributed by atoms with Gasteiger partial charge >= 0.3 is 0 Å². The molecule has 3 rings (SSSR count). The highest BCUT2D eigenvalue weighted by atomic mass is 16.2. The molecule has 1 aliphatic heterocycles. The number of hydrogen-bond acceptors (Lipinski definition) is 3. The second-order valence-corrected chi connectivity index (χ2v) is 8.13. The highest BCUT2D eigenvalue weighted by molar-refractivity contribution is 6.37. The Hall–Kier alpha value is -3.39. The Morgan fingerprint density at radius 1 is 1.06 bits per heavy atom. The van der Waals surface area contributed by atoms with E-state index in [-0.39, 0.29) is 17.1 Å². The van der Waals surface area contributed by atoms with Crippen LogP contribution in [0.3, 0.4) is 0 Å². The molecule has 1 aliphatic rings. The first-order valence-electron chi connectivity index (χ1n) is 10.9. The smallest absolute Gasteiger partial charge is 0.267 e. The normalized spacial score (nSPS) is 14.5. The quantitative estimate of drug-likeness (QED) is 0.504. The van der Waals surface area contributed by atoms with Crippen LogP contribution in [0.1, 0.15) is 50.8 Å². The highest BCUT2D eigenvalue weighted by Crippen LogP contribution is 2.39. The van der Waals surface area contributed by atoms with Gasteiger partial charge in [-0.25, -0.2) is 0 Å². The van der Waals surface area contributed by atoms with Crippen molar-refractivity contribution in [2.45, 2.75) is 47.0 Å². The number of nitriles is 1. The molecule has 0 aromatic heterocycles. The maximum atomic E-state index is 13.3. The van der Waals surface area contributed by atoms with Crippen LogP contribution in [0.2, 0.25) is 0 Å². The molecule has 0 radical (unpaired) electrons. The molecule has 0 unspecified atom stereocenters. The van der Waals surface area contributed by atoms with Crippen LogP contribution < -0.4 is 10.2 Å². The summed E-state index contributed by atoms with van der Waals surface area (Å²) >= 11 is 0. The Morgan fingerprint density at radius 3 is 2.29 bits per heavy atom. The summed E-state index contributed by atoms with van der Waals surface area (Å²) in [5.74, 6) is -0.389. The average molecular weight is 416 g/mol. The molecule has 0 atom stereocenters. The van der Waals surface area contributed by atoms with E-state index in [0.717, 1.165) is 41.8 Å². The minimum absolute atomic E-state index is 0.141. The predicted molar refractivity (Wildman–Crippen MR) is 125 cm³/mol. The molecule has 5 heteroatoms. The van der Waals surface area contributed by atoms with Crippen LogP contribution in [0.4, 0.5) is 11.4 Å². The number of amides is 2. The van der Waals surface area contributed by atoms with Gasteiger partial charge in [0.25, 0.3) is 11.8 Å². The number of fused-ring (bicyclic) bond motifs is 1. The lowest BCUT2D eigenvalue weighted by molar-refractivity contribution is -0.114. The molecule has 2 aromatic rings. The van der Waals surface area contributed by atoms with E-state index in [1.807, 2.05) is 56.3 Å².